The van der Waals surface area contributed by atoms with Crippen LogP contribution in [0.25, 0.3) is 0 Å². The highest BCUT2D eigenvalue weighted by Gasteiger charge is 2.22. The van der Waals surface area contributed by atoms with Gasteiger partial charge in [0, 0.05) is 22.6 Å². The minimum absolute atomic E-state index is 0.256. The molecule has 2 N–H and O–H groups in total. The maximum absolute atomic E-state index is 12.2. The number of halogens is 1. The molecule has 0 aliphatic carbocycles. The zero-order valence-electron chi connectivity index (χ0n) is 11.4. The molecule has 1 saturated heterocycles. The second kappa shape index (κ2) is 6.41. The summed E-state index contributed by atoms with van der Waals surface area (Å²) in [6.45, 7) is 1.89. The average molecular weight is 350 g/mol. The smallest absolute Gasteiger partial charge is 0.277 e. The number of piperidine rings is 1. The lowest BCUT2D eigenvalue weighted by Crippen LogP contribution is -2.28. The van der Waals surface area contributed by atoms with Gasteiger partial charge in [-0.05, 0) is 37.6 Å². The van der Waals surface area contributed by atoms with Gasteiger partial charge in [0.2, 0.25) is 0 Å². The first-order chi connectivity index (χ1) is 10.2. The van der Waals surface area contributed by atoms with Crippen molar-refractivity contribution in [3.05, 3.63) is 46.6 Å². The normalized spacial score (nSPS) is 18.4. The summed E-state index contributed by atoms with van der Waals surface area (Å²) in [5.41, 5.74) is 1.04. The van der Waals surface area contributed by atoms with E-state index < -0.39 is 0 Å². The van der Waals surface area contributed by atoms with Crippen LogP contribution >= 0.6 is 15.9 Å². The van der Waals surface area contributed by atoms with Gasteiger partial charge in [0.15, 0.2) is 11.6 Å². The molecule has 110 valence electrons. The summed E-state index contributed by atoms with van der Waals surface area (Å²) >= 11 is 3.37. The highest BCUT2D eigenvalue weighted by atomic mass is 79.9. The van der Waals surface area contributed by atoms with Crippen molar-refractivity contribution in [2.75, 3.05) is 18.4 Å². The summed E-state index contributed by atoms with van der Waals surface area (Å²) in [5, 5.41) is 6.12. The van der Waals surface area contributed by atoms with Gasteiger partial charge in [0.05, 0.1) is 0 Å². The number of anilines is 1. The number of benzene rings is 1. The highest BCUT2D eigenvalue weighted by molar-refractivity contribution is 9.10. The van der Waals surface area contributed by atoms with Gasteiger partial charge in [0.25, 0.3) is 5.91 Å². The van der Waals surface area contributed by atoms with Crippen LogP contribution in [0.15, 0.2) is 39.4 Å². The van der Waals surface area contributed by atoms with Gasteiger partial charge in [-0.3, -0.25) is 4.79 Å². The van der Waals surface area contributed by atoms with Gasteiger partial charge in [-0.2, -0.15) is 0 Å². The molecule has 1 amide bonds. The third-order valence-corrected chi connectivity index (χ3v) is 3.98. The monoisotopic (exact) mass is 349 g/mol. The molecule has 1 aliphatic rings. The van der Waals surface area contributed by atoms with E-state index in [1.54, 1.807) is 0 Å². The number of hydrogen-bond acceptors (Lipinski definition) is 4. The fourth-order valence-electron chi connectivity index (χ4n) is 2.40. The molecule has 5 nitrogen and oxygen atoms in total. The van der Waals surface area contributed by atoms with Gasteiger partial charge < -0.3 is 15.1 Å². The number of carbonyl (C=O) groups is 1. The molecule has 0 bridgehead atoms. The second-order valence-corrected chi connectivity index (χ2v) is 5.99. The van der Waals surface area contributed by atoms with Crippen molar-refractivity contribution in [3.8, 4) is 0 Å². The zero-order chi connectivity index (χ0) is 14.7. The Morgan fingerprint density at radius 1 is 1.48 bits per heavy atom. The number of hydrogen-bond donors (Lipinski definition) is 2. The van der Waals surface area contributed by atoms with E-state index >= 15 is 0 Å². The van der Waals surface area contributed by atoms with Crippen LogP contribution in [0.2, 0.25) is 0 Å². The molecular weight excluding hydrogens is 334 g/mol. The van der Waals surface area contributed by atoms with Crippen molar-refractivity contribution in [1.82, 2.24) is 10.3 Å². The second-order valence-electron chi connectivity index (χ2n) is 5.08. The minimum atomic E-state index is -0.258. The predicted molar refractivity (Wildman–Crippen MR) is 83.4 cm³/mol. The van der Waals surface area contributed by atoms with Gasteiger partial charge in [0.1, 0.15) is 6.26 Å². The molecule has 3 rings (SSSR count). The Labute approximate surface area is 131 Å². The van der Waals surface area contributed by atoms with Crippen molar-refractivity contribution >= 4 is 27.5 Å². The molecule has 1 atom stereocenters. The van der Waals surface area contributed by atoms with Crippen LogP contribution in [0.3, 0.4) is 0 Å². The number of oxazole rings is 1. The highest BCUT2D eigenvalue weighted by Crippen LogP contribution is 2.23. The summed E-state index contributed by atoms with van der Waals surface area (Å²) < 4.78 is 6.38. The first kappa shape index (κ1) is 14.3. The standard InChI is InChI=1S/C15H16BrN3O2/c16-11-4-1-5-12(7-11)18-14(20)13-9-21-15(19-13)10-3-2-6-17-8-10/h1,4-5,7,9-10,17H,2-3,6,8H2,(H,18,20). The Bertz CT molecular complexity index is 635. The number of rotatable bonds is 3. The van der Waals surface area contributed by atoms with Crippen molar-refractivity contribution < 1.29 is 9.21 Å². The van der Waals surface area contributed by atoms with Gasteiger partial charge in [-0.1, -0.05) is 22.0 Å². The number of amides is 1. The van der Waals surface area contributed by atoms with Gasteiger partial charge >= 0.3 is 0 Å². The molecule has 1 fully saturated rings. The van der Waals surface area contributed by atoms with Crippen molar-refractivity contribution in [1.29, 1.82) is 0 Å². The molecule has 1 aromatic carbocycles. The molecule has 2 heterocycles. The molecule has 1 aromatic heterocycles. The fourth-order valence-corrected chi connectivity index (χ4v) is 2.80. The summed E-state index contributed by atoms with van der Waals surface area (Å²) in [5.74, 6) is 0.639. The van der Waals surface area contributed by atoms with Crippen molar-refractivity contribution in [3.63, 3.8) is 0 Å². The van der Waals surface area contributed by atoms with Crippen LogP contribution in [0.5, 0.6) is 0 Å². The van der Waals surface area contributed by atoms with E-state index in [9.17, 15) is 4.79 Å². The van der Waals surface area contributed by atoms with E-state index in [0.717, 1.165) is 36.1 Å². The molecule has 6 heteroatoms. The third-order valence-electron chi connectivity index (χ3n) is 3.48. The Morgan fingerprint density at radius 2 is 2.38 bits per heavy atom. The molecule has 1 unspecified atom stereocenters. The summed E-state index contributed by atoms with van der Waals surface area (Å²) in [6, 6.07) is 7.43. The van der Waals surface area contributed by atoms with E-state index in [2.05, 4.69) is 31.5 Å². The Kier molecular flexibility index (Phi) is 4.36. The summed E-state index contributed by atoms with van der Waals surface area (Å²) in [6.07, 6.45) is 3.57. The first-order valence-electron chi connectivity index (χ1n) is 6.95. The molecule has 1 aliphatic heterocycles. The number of nitrogens with zero attached hydrogens (tertiary/aromatic N) is 1. The lowest BCUT2D eigenvalue weighted by Gasteiger charge is -2.19. The van der Waals surface area contributed by atoms with Crippen LogP contribution in [0.4, 0.5) is 5.69 Å². The van der Waals surface area contributed by atoms with Gasteiger partial charge in [-0.25, -0.2) is 4.98 Å². The topological polar surface area (TPSA) is 67.2 Å². The quantitative estimate of drug-likeness (QED) is 0.892. The third kappa shape index (κ3) is 3.51. The Hall–Kier alpha value is -1.66. The molecule has 2 aromatic rings. The summed E-state index contributed by atoms with van der Waals surface area (Å²) in [7, 11) is 0. The van der Waals surface area contributed by atoms with Crippen LogP contribution in [-0.2, 0) is 0 Å². The Balaban J connectivity index is 1.69. The predicted octanol–water partition coefficient (Wildman–Crippen LogP) is 3.16. The van der Waals surface area contributed by atoms with E-state index in [0.29, 0.717) is 11.6 Å². The SMILES string of the molecule is O=C(Nc1cccc(Br)c1)c1coc(C2CCCNC2)n1. The first-order valence-corrected chi connectivity index (χ1v) is 7.75. The average Bonchev–Trinajstić information content (AvgIpc) is 2.98. The molecule has 0 saturated carbocycles. The van der Waals surface area contributed by atoms with E-state index in [1.165, 1.54) is 6.26 Å². The van der Waals surface area contributed by atoms with E-state index in [4.69, 9.17) is 4.42 Å². The lowest BCUT2D eigenvalue weighted by atomic mass is 10.00. The Morgan fingerprint density at radius 3 is 3.14 bits per heavy atom. The van der Waals surface area contributed by atoms with Crippen LogP contribution < -0.4 is 10.6 Å². The summed E-state index contributed by atoms with van der Waals surface area (Å²) in [4.78, 5) is 16.5. The minimum Gasteiger partial charge on any atom is -0.448 e. The number of carbonyl (C=O) groups excluding carboxylic acids is 1. The van der Waals surface area contributed by atoms with Crippen LogP contribution in [-0.4, -0.2) is 24.0 Å². The zero-order valence-corrected chi connectivity index (χ0v) is 13.0. The maximum Gasteiger partial charge on any atom is 0.277 e. The van der Waals surface area contributed by atoms with Gasteiger partial charge in [-0.15, -0.1) is 0 Å². The molecule has 0 radical (unpaired) electrons. The number of nitrogens with one attached hydrogen (secondary N) is 2. The molecule has 21 heavy (non-hydrogen) atoms. The van der Waals surface area contributed by atoms with Crippen molar-refractivity contribution in [2.24, 2.45) is 0 Å². The van der Waals surface area contributed by atoms with Crippen molar-refractivity contribution in [2.45, 2.75) is 18.8 Å². The molecule has 0 spiro atoms. The lowest BCUT2D eigenvalue weighted by molar-refractivity contribution is 0.102. The fraction of sp³-hybridized carbons (Fsp3) is 0.333. The van der Waals surface area contributed by atoms with E-state index in [1.807, 2.05) is 24.3 Å². The maximum atomic E-state index is 12.2. The van der Waals surface area contributed by atoms with Crippen LogP contribution in [0, 0.1) is 0 Å². The largest absolute Gasteiger partial charge is 0.448 e. The van der Waals surface area contributed by atoms with E-state index in [-0.39, 0.29) is 11.8 Å². The van der Waals surface area contributed by atoms with Crippen LogP contribution in [0.1, 0.15) is 35.1 Å². The molecular formula is C15H16BrN3O2. The number of aromatic nitrogens is 1.